The van der Waals surface area contributed by atoms with E-state index in [-0.39, 0.29) is 17.8 Å². The lowest BCUT2D eigenvalue weighted by molar-refractivity contribution is -0.137. The number of nitrogens with zero attached hydrogens (tertiary/aromatic N) is 3. The Bertz CT molecular complexity index is 998. The fourth-order valence-corrected chi connectivity index (χ4v) is 4.34. The van der Waals surface area contributed by atoms with Gasteiger partial charge in [-0.2, -0.15) is 18.4 Å². The van der Waals surface area contributed by atoms with Crippen molar-refractivity contribution >= 4 is 17.4 Å². The molecule has 1 aliphatic carbocycles. The lowest BCUT2D eigenvalue weighted by Crippen LogP contribution is -2.40. The van der Waals surface area contributed by atoms with Crippen LogP contribution in [-0.4, -0.2) is 18.1 Å². The number of hydrogen-bond acceptors (Lipinski definition) is 2. The van der Waals surface area contributed by atoms with Crippen molar-refractivity contribution in [2.75, 3.05) is 9.80 Å². The van der Waals surface area contributed by atoms with Gasteiger partial charge in [-0.3, -0.25) is 9.80 Å². The summed E-state index contributed by atoms with van der Waals surface area (Å²) in [5.41, 5.74) is -1.08. The Labute approximate surface area is 164 Å². The van der Waals surface area contributed by atoms with Crippen LogP contribution in [0.4, 0.5) is 33.7 Å². The minimum Gasteiger partial charge on any atom is -0.289 e. The number of halogens is 4. The van der Waals surface area contributed by atoms with Crippen LogP contribution in [0.3, 0.4) is 0 Å². The predicted octanol–water partition coefficient (Wildman–Crippen LogP) is 5.47. The molecular formula is C21H17F4N3O. The standard InChI is InChI=1S/C21H17F4N3O/c22-14-4-3-5-15(10-14)27-18-6-1-2-7-19(18)28(20(27)29)16-9-8-13(12-26)17(11-16)21(23,24)25/h3-5,8-11,18-19H,1-2,6-7H2/t18-,19-/m0/s1. The van der Waals surface area contributed by atoms with E-state index in [2.05, 4.69) is 0 Å². The fourth-order valence-electron chi connectivity index (χ4n) is 4.34. The molecule has 2 amide bonds. The van der Waals surface area contributed by atoms with E-state index >= 15 is 0 Å². The number of amides is 2. The van der Waals surface area contributed by atoms with Gasteiger partial charge in [0.25, 0.3) is 0 Å². The predicted molar refractivity (Wildman–Crippen MR) is 99.0 cm³/mol. The van der Waals surface area contributed by atoms with E-state index in [0.717, 1.165) is 25.0 Å². The molecule has 1 aliphatic heterocycles. The maximum atomic E-state index is 13.8. The smallest absolute Gasteiger partial charge is 0.289 e. The number of rotatable bonds is 2. The second-order valence-electron chi connectivity index (χ2n) is 7.26. The molecule has 2 aliphatic rings. The van der Waals surface area contributed by atoms with E-state index < -0.39 is 29.2 Å². The minimum absolute atomic E-state index is 0.0946. The van der Waals surface area contributed by atoms with Crippen LogP contribution in [0.25, 0.3) is 0 Å². The van der Waals surface area contributed by atoms with Crippen molar-refractivity contribution in [3.8, 4) is 6.07 Å². The second-order valence-corrected chi connectivity index (χ2v) is 7.26. The first-order chi connectivity index (χ1) is 13.8. The van der Waals surface area contributed by atoms with E-state index in [4.69, 9.17) is 5.26 Å². The first-order valence-corrected chi connectivity index (χ1v) is 9.30. The lowest BCUT2D eigenvalue weighted by atomic mass is 9.89. The first-order valence-electron chi connectivity index (χ1n) is 9.30. The molecule has 2 aromatic carbocycles. The third-order valence-electron chi connectivity index (χ3n) is 5.56. The van der Waals surface area contributed by atoms with Crippen LogP contribution < -0.4 is 9.80 Å². The van der Waals surface area contributed by atoms with Crippen molar-refractivity contribution in [1.82, 2.24) is 0 Å². The van der Waals surface area contributed by atoms with Gasteiger partial charge in [0, 0.05) is 11.4 Å². The molecule has 0 aromatic heterocycles. The van der Waals surface area contributed by atoms with Gasteiger partial charge in [-0.15, -0.1) is 0 Å². The van der Waals surface area contributed by atoms with Crippen molar-refractivity contribution in [3.05, 3.63) is 59.4 Å². The van der Waals surface area contributed by atoms with Crippen LogP contribution >= 0.6 is 0 Å². The lowest BCUT2D eigenvalue weighted by Gasteiger charge is -2.32. The van der Waals surface area contributed by atoms with Gasteiger partial charge in [0.2, 0.25) is 0 Å². The SMILES string of the molecule is N#Cc1ccc(N2C(=O)N(c3cccc(F)c3)[C@H]3CCCC[C@@H]32)cc1C(F)(F)F. The fraction of sp³-hybridized carbons (Fsp3) is 0.333. The van der Waals surface area contributed by atoms with Gasteiger partial charge >= 0.3 is 12.2 Å². The molecule has 4 rings (SSSR count). The number of anilines is 2. The molecule has 0 bridgehead atoms. The van der Waals surface area contributed by atoms with Crippen LogP contribution in [-0.2, 0) is 6.18 Å². The van der Waals surface area contributed by atoms with Gasteiger partial charge in [0.1, 0.15) is 5.82 Å². The Kier molecular flexibility index (Phi) is 4.69. The summed E-state index contributed by atoms with van der Waals surface area (Å²) >= 11 is 0. The van der Waals surface area contributed by atoms with Crippen LogP contribution in [0.1, 0.15) is 36.8 Å². The Hall–Kier alpha value is -3.08. The minimum atomic E-state index is -4.71. The van der Waals surface area contributed by atoms with Gasteiger partial charge < -0.3 is 0 Å². The summed E-state index contributed by atoms with van der Waals surface area (Å²) in [7, 11) is 0. The molecule has 1 saturated carbocycles. The monoisotopic (exact) mass is 403 g/mol. The van der Waals surface area contributed by atoms with E-state index in [9.17, 15) is 22.4 Å². The highest BCUT2D eigenvalue weighted by atomic mass is 19.4. The number of fused-ring (bicyclic) bond motifs is 1. The molecule has 2 fully saturated rings. The zero-order valence-electron chi connectivity index (χ0n) is 15.3. The highest BCUT2D eigenvalue weighted by Gasteiger charge is 2.48. The Balaban J connectivity index is 1.80. The average Bonchev–Trinajstić information content (AvgIpc) is 2.98. The van der Waals surface area contributed by atoms with Crippen LogP contribution in [0.2, 0.25) is 0 Å². The molecular weight excluding hydrogens is 386 g/mol. The van der Waals surface area contributed by atoms with Crippen LogP contribution in [0, 0.1) is 17.1 Å². The summed E-state index contributed by atoms with van der Waals surface area (Å²) in [5.74, 6) is -0.487. The number of benzene rings is 2. The maximum Gasteiger partial charge on any atom is 0.417 e. The molecule has 150 valence electrons. The number of urea groups is 1. The number of nitriles is 1. The molecule has 2 aromatic rings. The highest BCUT2D eigenvalue weighted by Crippen LogP contribution is 2.42. The van der Waals surface area contributed by atoms with Crippen molar-refractivity contribution in [2.24, 2.45) is 0 Å². The normalized spacial score (nSPS) is 21.8. The van der Waals surface area contributed by atoms with Gasteiger partial charge in [0.05, 0.1) is 29.3 Å². The molecule has 1 saturated heterocycles. The highest BCUT2D eigenvalue weighted by molar-refractivity contribution is 6.07. The van der Waals surface area contributed by atoms with E-state index in [0.29, 0.717) is 18.5 Å². The zero-order chi connectivity index (χ0) is 20.8. The van der Waals surface area contributed by atoms with E-state index in [1.54, 1.807) is 12.1 Å². The third-order valence-corrected chi connectivity index (χ3v) is 5.56. The quantitative estimate of drug-likeness (QED) is 0.624. The summed E-state index contributed by atoms with van der Waals surface area (Å²) in [5, 5.41) is 9.02. The summed E-state index contributed by atoms with van der Waals surface area (Å²) in [6.07, 6.45) is -1.65. The number of alkyl halides is 3. The number of carbonyl (C=O) groups is 1. The molecule has 0 radical (unpaired) electrons. The van der Waals surface area contributed by atoms with Gasteiger partial charge in [-0.25, -0.2) is 9.18 Å². The molecule has 2 atom stereocenters. The topological polar surface area (TPSA) is 47.3 Å². The third kappa shape index (κ3) is 3.31. The van der Waals surface area contributed by atoms with E-state index in [1.165, 1.54) is 34.1 Å². The summed E-state index contributed by atoms with van der Waals surface area (Å²) in [4.78, 5) is 16.1. The number of carbonyl (C=O) groups excluding carboxylic acids is 1. The number of hydrogen-bond donors (Lipinski definition) is 0. The molecule has 0 N–H and O–H groups in total. The van der Waals surface area contributed by atoms with Crippen LogP contribution in [0.15, 0.2) is 42.5 Å². The van der Waals surface area contributed by atoms with E-state index in [1.807, 2.05) is 0 Å². The zero-order valence-corrected chi connectivity index (χ0v) is 15.3. The Morgan fingerprint density at radius 2 is 1.59 bits per heavy atom. The first kappa shape index (κ1) is 19.2. The maximum absolute atomic E-state index is 13.8. The molecule has 1 heterocycles. The summed E-state index contributed by atoms with van der Waals surface area (Å²) in [6.45, 7) is 0. The summed E-state index contributed by atoms with van der Waals surface area (Å²) < 4.78 is 54.0. The van der Waals surface area contributed by atoms with Gasteiger partial charge in [-0.1, -0.05) is 18.9 Å². The van der Waals surface area contributed by atoms with Crippen molar-refractivity contribution in [2.45, 2.75) is 43.9 Å². The van der Waals surface area contributed by atoms with Crippen molar-refractivity contribution in [1.29, 1.82) is 5.26 Å². The molecule has 0 spiro atoms. The average molecular weight is 403 g/mol. The largest absolute Gasteiger partial charge is 0.417 e. The molecule has 4 nitrogen and oxygen atoms in total. The molecule has 8 heteroatoms. The van der Waals surface area contributed by atoms with Crippen LogP contribution in [0.5, 0.6) is 0 Å². The van der Waals surface area contributed by atoms with Crippen molar-refractivity contribution < 1.29 is 22.4 Å². The van der Waals surface area contributed by atoms with Crippen molar-refractivity contribution in [3.63, 3.8) is 0 Å². The second kappa shape index (κ2) is 7.07. The van der Waals surface area contributed by atoms with Gasteiger partial charge in [0.15, 0.2) is 0 Å². The Morgan fingerprint density at radius 3 is 2.14 bits per heavy atom. The molecule has 29 heavy (non-hydrogen) atoms. The molecule has 0 unspecified atom stereocenters. The van der Waals surface area contributed by atoms with Gasteiger partial charge in [-0.05, 0) is 49.2 Å². The Morgan fingerprint density at radius 1 is 0.966 bits per heavy atom. The summed E-state index contributed by atoms with van der Waals surface area (Å²) in [6, 6.07) is 9.48.